The van der Waals surface area contributed by atoms with Gasteiger partial charge >= 0.3 is 29.6 Å². The normalized spacial score (nSPS) is 13.9. The molecule has 0 radical (unpaired) electrons. The summed E-state index contributed by atoms with van der Waals surface area (Å²) in [6, 6.07) is 0. The van der Waals surface area contributed by atoms with E-state index in [0.29, 0.717) is 12.8 Å². The van der Waals surface area contributed by atoms with Gasteiger partial charge in [0.25, 0.3) is 0 Å². The molecule has 0 rings (SSSR count). The van der Waals surface area contributed by atoms with Crippen LogP contribution in [0.3, 0.4) is 0 Å². The van der Waals surface area contributed by atoms with Crippen molar-refractivity contribution in [2.45, 2.75) is 134 Å². The van der Waals surface area contributed by atoms with Crippen molar-refractivity contribution < 1.29 is 47.6 Å². The van der Waals surface area contributed by atoms with Crippen molar-refractivity contribution >= 4 is 10.1 Å². The fourth-order valence-corrected chi connectivity index (χ4v) is 4.23. The molecule has 0 spiro atoms. The molecule has 0 amide bonds. The van der Waals surface area contributed by atoms with Crippen molar-refractivity contribution in [3.63, 3.8) is 0 Å². The Morgan fingerprint density at radius 1 is 0.630 bits per heavy atom. The van der Waals surface area contributed by atoms with Gasteiger partial charge in [-0.2, -0.15) is 0 Å². The first-order valence-corrected chi connectivity index (χ1v) is 12.5. The molecule has 158 valence electrons. The molecule has 4 nitrogen and oxygen atoms in total. The van der Waals surface area contributed by atoms with Gasteiger partial charge in [0, 0.05) is 0 Å². The molecular formula is C21H43NaO4S. The van der Waals surface area contributed by atoms with Crippen LogP contribution in [0.4, 0.5) is 0 Å². The number of aliphatic hydroxyl groups is 1. The van der Waals surface area contributed by atoms with Crippen molar-refractivity contribution in [2.24, 2.45) is 0 Å². The minimum absolute atomic E-state index is 0. The third-order valence-corrected chi connectivity index (χ3v) is 6.65. The Morgan fingerprint density at radius 3 is 1.15 bits per heavy atom. The van der Waals surface area contributed by atoms with Crippen LogP contribution in [0.15, 0.2) is 0 Å². The molecule has 0 fully saturated rings. The number of unbranched alkanes of at least 4 members (excludes halogenated alkanes) is 14. The number of hydrogen-bond donors (Lipinski definition) is 1. The third-order valence-electron chi connectivity index (χ3n) is 5.31. The summed E-state index contributed by atoms with van der Waals surface area (Å²) in [6.45, 7) is 4.38. The van der Waals surface area contributed by atoms with E-state index in [4.69, 9.17) is 0 Å². The van der Waals surface area contributed by atoms with E-state index in [-0.39, 0.29) is 42.4 Å². The van der Waals surface area contributed by atoms with Crippen molar-refractivity contribution in [3.8, 4) is 0 Å². The van der Waals surface area contributed by atoms with E-state index in [9.17, 15) is 18.1 Å². The van der Waals surface area contributed by atoms with Crippen molar-refractivity contribution in [1.29, 1.82) is 0 Å². The summed E-state index contributed by atoms with van der Waals surface area (Å²) in [4.78, 5) is -2.06. The summed E-state index contributed by atoms with van der Waals surface area (Å²) >= 11 is 0. The summed E-state index contributed by atoms with van der Waals surface area (Å²) in [5.74, 6) is 0. The van der Waals surface area contributed by atoms with Crippen LogP contribution in [0, 0.1) is 0 Å². The Balaban J connectivity index is 0. The maximum Gasteiger partial charge on any atom is 1.00 e. The Bertz CT molecular complexity index is 414. The van der Waals surface area contributed by atoms with Crippen LogP contribution in [0.2, 0.25) is 0 Å². The van der Waals surface area contributed by atoms with Gasteiger partial charge in [0.15, 0.2) is 4.93 Å². The first-order valence-electron chi connectivity index (χ1n) is 11.0. The van der Waals surface area contributed by atoms with Crippen LogP contribution in [-0.2, 0) is 10.1 Å². The summed E-state index contributed by atoms with van der Waals surface area (Å²) in [6.07, 6.45) is 17.6. The second kappa shape index (κ2) is 18.9. The fourth-order valence-electron chi connectivity index (χ4n) is 3.45. The molecular weight excluding hydrogens is 371 g/mol. The van der Waals surface area contributed by atoms with Crippen molar-refractivity contribution in [3.05, 3.63) is 0 Å². The Labute approximate surface area is 191 Å². The first-order chi connectivity index (χ1) is 12.4. The zero-order valence-electron chi connectivity index (χ0n) is 18.3. The van der Waals surface area contributed by atoms with Crippen molar-refractivity contribution in [2.75, 3.05) is 0 Å². The second-order valence-electron chi connectivity index (χ2n) is 7.85. The van der Waals surface area contributed by atoms with Gasteiger partial charge in [0.1, 0.15) is 10.1 Å². The molecule has 6 heteroatoms. The molecule has 1 atom stereocenters. The Hall–Kier alpha value is 0.870. The summed E-state index contributed by atoms with van der Waals surface area (Å²) in [7, 11) is -4.67. The molecule has 0 aliphatic rings. The van der Waals surface area contributed by atoms with Crippen LogP contribution in [0.1, 0.15) is 129 Å². The smallest absolute Gasteiger partial charge is 0.746 e. The zero-order valence-corrected chi connectivity index (χ0v) is 21.1. The van der Waals surface area contributed by atoms with E-state index in [0.717, 1.165) is 38.5 Å². The quantitative estimate of drug-likeness (QED) is 0.200. The van der Waals surface area contributed by atoms with Crippen molar-refractivity contribution in [1.82, 2.24) is 0 Å². The molecule has 1 N–H and O–H groups in total. The van der Waals surface area contributed by atoms with Crippen LogP contribution in [0.5, 0.6) is 0 Å². The zero-order chi connectivity index (χ0) is 19.7. The summed E-state index contributed by atoms with van der Waals surface area (Å²) in [5, 5.41) is 10.4. The van der Waals surface area contributed by atoms with E-state index in [1.165, 1.54) is 51.4 Å². The molecule has 0 saturated heterocycles. The molecule has 0 aromatic rings. The number of rotatable bonds is 19. The predicted molar refractivity (Wildman–Crippen MR) is 109 cm³/mol. The van der Waals surface area contributed by atoms with E-state index in [1.54, 1.807) is 0 Å². The maximum absolute atomic E-state index is 11.5. The Morgan fingerprint density at radius 2 is 0.889 bits per heavy atom. The van der Waals surface area contributed by atoms with E-state index in [2.05, 4.69) is 13.8 Å². The molecule has 0 aliphatic heterocycles. The van der Waals surface area contributed by atoms with Crippen LogP contribution < -0.4 is 29.6 Å². The first kappa shape index (κ1) is 30.1. The molecule has 0 aromatic carbocycles. The van der Waals surface area contributed by atoms with Crippen LogP contribution in [-0.4, -0.2) is 23.0 Å². The minimum Gasteiger partial charge on any atom is -0.746 e. The van der Waals surface area contributed by atoms with E-state index >= 15 is 0 Å². The van der Waals surface area contributed by atoms with Crippen LogP contribution in [0.25, 0.3) is 0 Å². The average molecular weight is 415 g/mol. The molecule has 0 bridgehead atoms. The predicted octanol–water partition coefficient (Wildman–Crippen LogP) is 3.29. The standard InChI is InChI=1S/C21H44O4S.Na/c1-3-5-7-9-11-12-14-16-18-20-21(22,26(23,24)25)19-17-15-13-10-8-6-4-2;/h22H,3-20H2,1-2H3,(H,23,24,25);/q;+1/p-1. The maximum atomic E-state index is 11.5. The topological polar surface area (TPSA) is 77.4 Å². The van der Waals surface area contributed by atoms with Gasteiger partial charge in [-0.1, -0.05) is 104 Å². The Kier molecular flexibility index (Phi) is 21.0. The van der Waals surface area contributed by atoms with Gasteiger partial charge in [-0.3, -0.25) is 0 Å². The molecule has 0 heterocycles. The van der Waals surface area contributed by atoms with Gasteiger partial charge in [0.2, 0.25) is 0 Å². The number of hydrogen-bond acceptors (Lipinski definition) is 4. The average Bonchev–Trinajstić information content (AvgIpc) is 2.58. The van der Waals surface area contributed by atoms with Gasteiger partial charge in [0.05, 0.1) is 0 Å². The largest absolute Gasteiger partial charge is 1.00 e. The summed E-state index contributed by atoms with van der Waals surface area (Å²) < 4.78 is 34.6. The second-order valence-corrected chi connectivity index (χ2v) is 9.52. The molecule has 27 heavy (non-hydrogen) atoms. The fraction of sp³-hybridized carbons (Fsp3) is 1.00. The van der Waals surface area contributed by atoms with Crippen LogP contribution >= 0.6 is 0 Å². The molecule has 0 saturated carbocycles. The third kappa shape index (κ3) is 16.4. The molecule has 0 aliphatic carbocycles. The van der Waals surface area contributed by atoms with E-state index < -0.39 is 15.1 Å². The van der Waals surface area contributed by atoms with E-state index in [1.807, 2.05) is 0 Å². The van der Waals surface area contributed by atoms with Gasteiger partial charge in [-0.25, -0.2) is 8.42 Å². The molecule has 0 aromatic heterocycles. The minimum atomic E-state index is -4.67. The van der Waals surface area contributed by atoms with Gasteiger partial charge in [-0.15, -0.1) is 0 Å². The monoisotopic (exact) mass is 414 g/mol. The molecule has 1 unspecified atom stereocenters. The summed E-state index contributed by atoms with van der Waals surface area (Å²) in [5.41, 5.74) is 0. The van der Waals surface area contributed by atoms with Gasteiger partial charge in [-0.05, 0) is 25.7 Å². The SMILES string of the molecule is CCCCCCCCCCCC(O)(CCCCCCCCC)S(=O)(=O)[O-].[Na+]. The van der Waals surface area contributed by atoms with Gasteiger partial charge < -0.3 is 9.66 Å².